The van der Waals surface area contributed by atoms with E-state index in [9.17, 15) is 14.7 Å². The van der Waals surface area contributed by atoms with Gasteiger partial charge in [0.05, 0.1) is 11.6 Å². The molecule has 0 spiro atoms. The molecule has 2 heterocycles. The van der Waals surface area contributed by atoms with Crippen LogP contribution in [-0.4, -0.2) is 40.0 Å². The molecule has 3 rings (SSSR count). The van der Waals surface area contributed by atoms with E-state index in [1.165, 1.54) is 5.56 Å². The number of amides is 1. The third-order valence-corrected chi connectivity index (χ3v) is 4.78. The lowest BCUT2D eigenvalue weighted by atomic mass is 9.90. The van der Waals surface area contributed by atoms with Gasteiger partial charge in [0.25, 0.3) is 0 Å². The van der Waals surface area contributed by atoms with Gasteiger partial charge in [-0.2, -0.15) is 0 Å². The summed E-state index contributed by atoms with van der Waals surface area (Å²) in [7, 11) is 0. The number of carbonyl (C=O) groups excluding carboxylic acids is 1. The number of carbonyl (C=O) groups is 2. The Labute approximate surface area is 146 Å². The summed E-state index contributed by atoms with van der Waals surface area (Å²) in [6.45, 7) is 4.46. The first-order chi connectivity index (χ1) is 11.9. The number of carboxylic acids is 1. The standard InChI is InChI=1S/C19H22N2O4/c1-13-3-5-14(6-4-13)15-11-20-16(25-15)7-8-17(22)21-10-9-19(2,12-21)18(23)24/h3-6,11H,7-10,12H2,1-2H3,(H,23,24). The van der Waals surface area contributed by atoms with Crippen LogP contribution in [0.3, 0.4) is 0 Å². The normalized spacial score (nSPS) is 20.0. The zero-order valence-electron chi connectivity index (χ0n) is 14.5. The highest BCUT2D eigenvalue weighted by Gasteiger charge is 2.41. The Morgan fingerprint density at radius 1 is 1.32 bits per heavy atom. The molecule has 1 aromatic heterocycles. The lowest BCUT2D eigenvalue weighted by Crippen LogP contribution is -2.34. The number of aliphatic carboxylic acids is 1. The van der Waals surface area contributed by atoms with Gasteiger partial charge in [-0.15, -0.1) is 0 Å². The minimum atomic E-state index is -0.849. The molecule has 25 heavy (non-hydrogen) atoms. The number of aromatic nitrogens is 1. The molecule has 0 radical (unpaired) electrons. The molecule has 1 unspecified atom stereocenters. The van der Waals surface area contributed by atoms with Crippen molar-refractivity contribution in [3.63, 3.8) is 0 Å². The van der Waals surface area contributed by atoms with Gasteiger partial charge in [0.15, 0.2) is 11.7 Å². The molecule has 0 bridgehead atoms. The Bertz CT molecular complexity index is 781. The fraction of sp³-hybridized carbons (Fsp3) is 0.421. The first-order valence-electron chi connectivity index (χ1n) is 8.40. The van der Waals surface area contributed by atoms with Gasteiger partial charge in [0.2, 0.25) is 5.91 Å². The summed E-state index contributed by atoms with van der Waals surface area (Å²) in [6.07, 6.45) is 2.83. The minimum Gasteiger partial charge on any atom is -0.481 e. The fourth-order valence-electron chi connectivity index (χ4n) is 3.00. The number of rotatable bonds is 5. The molecule has 2 aromatic rings. The van der Waals surface area contributed by atoms with Crippen LogP contribution in [0.1, 0.15) is 31.2 Å². The van der Waals surface area contributed by atoms with E-state index in [4.69, 9.17) is 4.42 Å². The minimum absolute atomic E-state index is 0.0555. The number of oxazole rings is 1. The van der Waals surface area contributed by atoms with Crippen LogP contribution in [0.4, 0.5) is 0 Å². The Hall–Kier alpha value is -2.63. The van der Waals surface area contributed by atoms with Crippen LogP contribution in [0.2, 0.25) is 0 Å². The third-order valence-electron chi connectivity index (χ3n) is 4.78. The quantitative estimate of drug-likeness (QED) is 0.903. The van der Waals surface area contributed by atoms with Crippen molar-refractivity contribution < 1.29 is 19.1 Å². The molecule has 1 aliphatic heterocycles. The van der Waals surface area contributed by atoms with Gasteiger partial charge in [-0.25, -0.2) is 4.98 Å². The van der Waals surface area contributed by atoms with Crippen molar-refractivity contribution in [1.29, 1.82) is 0 Å². The number of hydrogen-bond donors (Lipinski definition) is 1. The summed E-state index contributed by atoms with van der Waals surface area (Å²) in [6, 6.07) is 7.96. The molecular formula is C19H22N2O4. The molecule has 6 nitrogen and oxygen atoms in total. The molecule has 132 valence electrons. The zero-order chi connectivity index (χ0) is 18.0. The maximum atomic E-state index is 12.3. The van der Waals surface area contributed by atoms with Crippen molar-refractivity contribution in [1.82, 2.24) is 9.88 Å². The van der Waals surface area contributed by atoms with E-state index in [1.54, 1.807) is 18.0 Å². The van der Waals surface area contributed by atoms with E-state index in [1.807, 2.05) is 31.2 Å². The van der Waals surface area contributed by atoms with Crippen LogP contribution >= 0.6 is 0 Å². The molecule has 1 saturated heterocycles. The first kappa shape index (κ1) is 17.2. The van der Waals surface area contributed by atoms with Gasteiger partial charge in [0, 0.05) is 31.5 Å². The number of benzene rings is 1. The highest BCUT2D eigenvalue weighted by molar-refractivity contribution is 5.80. The third kappa shape index (κ3) is 3.73. The summed E-state index contributed by atoms with van der Waals surface area (Å²) >= 11 is 0. The highest BCUT2D eigenvalue weighted by Crippen LogP contribution is 2.30. The van der Waals surface area contributed by atoms with Crippen molar-refractivity contribution in [3.05, 3.63) is 41.9 Å². The SMILES string of the molecule is Cc1ccc(-c2cnc(CCC(=O)N3CCC(C)(C(=O)O)C3)o2)cc1. The number of nitrogens with zero attached hydrogens (tertiary/aromatic N) is 2. The van der Waals surface area contributed by atoms with Gasteiger partial charge in [-0.3, -0.25) is 9.59 Å². The van der Waals surface area contributed by atoms with Crippen molar-refractivity contribution >= 4 is 11.9 Å². The average Bonchev–Trinajstić information content (AvgIpc) is 3.21. The lowest BCUT2D eigenvalue weighted by Gasteiger charge is -2.19. The lowest BCUT2D eigenvalue weighted by molar-refractivity contribution is -0.147. The number of likely N-dealkylation sites (tertiary alicyclic amines) is 1. The Morgan fingerprint density at radius 2 is 2.04 bits per heavy atom. The fourth-order valence-corrected chi connectivity index (χ4v) is 3.00. The predicted molar refractivity (Wildman–Crippen MR) is 91.9 cm³/mol. The smallest absolute Gasteiger partial charge is 0.311 e. The molecule has 1 amide bonds. The summed E-state index contributed by atoms with van der Waals surface area (Å²) < 4.78 is 5.73. The topological polar surface area (TPSA) is 83.6 Å². The molecule has 0 saturated carbocycles. The second-order valence-corrected chi connectivity index (χ2v) is 6.92. The Kier molecular flexibility index (Phi) is 4.61. The van der Waals surface area contributed by atoms with Crippen molar-refractivity contribution in [2.75, 3.05) is 13.1 Å². The molecule has 1 aliphatic rings. The molecule has 6 heteroatoms. The van der Waals surface area contributed by atoms with Crippen molar-refractivity contribution in [2.24, 2.45) is 5.41 Å². The predicted octanol–water partition coefficient (Wildman–Crippen LogP) is 2.91. The Balaban J connectivity index is 1.57. The van der Waals surface area contributed by atoms with E-state index in [-0.39, 0.29) is 18.9 Å². The zero-order valence-corrected chi connectivity index (χ0v) is 14.5. The maximum absolute atomic E-state index is 12.3. The second-order valence-electron chi connectivity index (χ2n) is 6.92. The first-order valence-corrected chi connectivity index (χ1v) is 8.40. The van der Waals surface area contributed by atoms with Gasteiger partial charge in [-0.05, 0) is 20.3 Å². The van der Waals surface area contributed by atoms with Gasteiger partial charge in [-0.1, -0.05) is 29.8 Å². The molecule has 1 N–H and O–H groups in total. The van der Waals surface area contributed by atoms with Crippen LogP contribution in [0, 0.1) is 12.3 Å². The average molecular weight is 342 g/mol. The summed E-state index contributed by atoms with van der Waals surface area (Å²) in [5.41, 5.74) is 1.29. The van der Waals surface area contributed by atoms with E-state index >= 15 is 0 Å². The van der Waals surface area contributed by atoms with Crippen LogP contribution in [-0.2, 0) is 16.0 Å². The van der Waals surface area contributed by atoms with Crippen molar-refractivity contribution in [3.8, 4) is 11.3 Å². The van der Waals surface area contributed by atoms with Gasteiger partial charge < -0.3 is 14.4 Å². The van der Waals surface area contributed by atoms with E-state index in [0.717, 1.165) is 5.56 Å². The van der Waals surface area contributed by atoms with Gasteiger partial charge in [0.1, 0.15) is 0 Å². The molecule has 1 atom stereocenters. The molecule has 0 aliphatic carbocycles. The molecule has 1 fully saturated rings. The van der Waals surface area contributed by atoms with Crippen molar-refractivity contribution in [2.45, 2.75) is 33.1 Å². The van der Waals surface area contributed by atoms with Crippen LogP contribution in [0.25, 0.3) is 11.3 Å². The number of hydrogen-bond acceptors (Lipinski definition) is 4. The Morgan fingerprint density at radius 3 is 2.68 bits per heavy atom. The van der Waals surface area contributed by atoms with Crippen LogP contribution in [0.5, 0.6) is 0 Å². The van der Waals surface area contributed by atoms with E-state index in [0.29, 0.717) is 31.0 Å². The largest absolute Gasteiger partial charge is 0.481 e. The molecule has 1 aromatic carbocycles. The highest BCUT2D eigenvalue weighted by atomic mass is 16.4. The van der Waals surface area contributed by atoms with Crippen LogP contribution < -0.4 is 0 Å². The maximum Gasteiger partial charge on any atom is 0.311 e. The van der Waals surface area contributed by atoms with Gasteiger partial charge >= 0.3 is 5.97 Å². The van der Waals surface area contributed by atoms with E-state index < -0.39 is 11.4 Å². The van der Waals surface area contributed by atoms with Crippen LogP contribution in [0.15, 0.2) is 34.9 Å². The number of aryl methyl sites for hydroxylation is 2. The summed E-state index contributed by atoms with van der Waals surface area (Å²) in [5.74, 6) is 0.296. The monoisotopic (exact) mass is 342 g/mol. The summed E-state index contributed by atoms with van der Waals surface area (Å²) in [4.78, 5) is 29.4. The molecular weight excluding hydrogens is 320 g/mol. The number of carboxylic acid groups (broad SMARTS) is 1. The summed E-state index contributed by atoms with van der Waals surface area (Å²) in [5, 5.41) is 9.25. The van der Waals surface area contributed by atoms with E-state index in [2.05, 4.69) is 4.98 Å². The second kappa shape index (κ2) is 6.70.